The predicted octanol–water partition coefficient (Wildman–Crippen LogP) is 1.91. The second-order valence-electron chi connectivity index (χ2n) is 4.59. The zero-order chi connectivity index (χ0) is 13.3. The van der Waals surface area contributed by atoms with Gasteiger partial charge in [0.1, 0.15) is 4.90 Å². The lowest BCUT2D eigenvalue weighted by Crippen LogP contribution is -2.27. The Bertz CT molecular complexity index is 531. The normalized spacial score (nSPS) is 20.7. The highest BCUT2D eigenvalue weighted by atomic mass is 79.9. The molecule has 18 heavy (non-hydrogen) atoms. The number of benzene rings is 1. The van der Waals surface area contributed by atoms with Crippen molar-refractivity contribution in [2.75, 3.05) is 32.1 Å². The molecule has 0 aliphatic carbocycles. The van der Waals surface area contributed by atoms with E-state index in [2.05, 4.69) is 20.8 Å². The van der Waals surface area contributed by atoms with Gasteiger partial charge in [-0.1, -0.05) is 28.1 Å². The van der Waals surface area contributed by atoms with Gasteiger partial charge in [-0.05, 0) is 18.6 Å². The van der Waals surface area contributed by atoms with Gasteiger partial charge in [0, 0.05) is 32.0 Å². The third-order valence-corrected chi connectivity index (χ3v) is 5.71. The van der Waals surface area contributed by atoms with E-state index >= 15 is 0 Å². The zero-order valence-corrected chi connectivity index (χ0v) is 12.9. The molecule has 1 aromatic rings. The molecule has 0 amide bonds. The molecule has 1 fully saturated rings. The average Bonchev–Trinajstić information content (AvgIpc) is 2.75. The van der Waals surface area contributed by atoms with Gasteiger partial charge in [-0.2, -0.15) is 0 Å². The summed E-state index contributed by atoms with van der Waals surface area (Å²) < 4.78 is 25.8. The van der Waals surface area contributed by atoms with Gasteiger partial charge in [0.2, 0.25) is 10.0 Å². The quantitative estimate of drug-likeness (QED) is 0.794. The SMILES string of the molecule is CN(C)S(=O)(=O)c1ccccc1N1CCC(Br)C1. The summed E-state index contributed by atoms with van der Waals surface area (Å²) in [6.07, 6.45) is 1.04. The van der Waals surface area contributed by atoms with E-state index in [1.165, 1.54) is 4.31 Å². The maximum atomic E-state index is 12.3. The van der Waals surface area contributed by atoms with Crippen LogP contribution in [0.1, 0.15) is 6.42 Å². The first-order valence-corrected chi connectivity index (χ1v) is 8.19. The molecule has 0 saturated carbocycles. The third-order valence-electron chi connectivity index (χ3n) is 3.10. The van der Waals surface area contributed by atoms with Gasteiger partial charge in [0.15, 0.2) is 0 Å². The maximum absolute atomic E-state index is 12.3. The lowest BCUT2D eigenvalue weighted by atomic mass is 10.3. The lowest BCUT2D eigenvalue weighted by molar-refractivity contribution is 0.520. The van der Waals surface area contributed by atoms with E-state index in [1.807, 2.05) is 12.1 Å². The number of anilines is 1. The van der Waals surface area contributed by atoms with Crippen LogP contribution in [0.4, 0.5) is 5.69 Å². The van der Waals surface area contributed by atoms with Crippen LogP contribution >= 0.6 is 15.9 Å². The first kappa shape index (κ1) is 13.8. The molecular formula is C12H17BrN2O2S. The van der Waals surface area contributed by atoms with Crippen LogP contribution in [0.3, 0.4) is 0 Å². The number of halogens is 1. The summed E-state index contributed by atoms with van der Waals surface area (Å²) in [5, 5.41) is 0. The summed E-state index contributed by atoms with van der Waals surface area (Å²) in [6, 6.07) is 7.20. The van der Waals surface area contributed by atoms with Crippen LogP contribution in [0.15, 0.2) is 29.2 Å². The lowest BCUT2D eigenvalue weighted by Gasteiger charge is -2.22. The molecule has 1 heterocycles. The summed E-state index contributed by atoms with van der Waals surface area (Å²) in [6.45, 7) is 1.73. The summed E-state index contributed by atoms with van der Waals surface area (Å²) >= 11 is 3.58. The largest absolute Gasteiger partial charge is 0.369 e. The number of hydrogen-bond donors (Lipinski definition) is 0. The Kier molecular flexibility index (Phi) is 3.99. The average molecular weight is 333 g/mol. The van der Waals surface area contributed by atoms with Crippen molar-refractivity contribution in [2.24, 2.45) is 0 Å². The number of rotatable bonds is 3. The van der Waals surface area contributed by atoms with Crippen molar-refractivity contribution in [1.82, 2.24) is 4.31 Å². The molecule has 1 aliphatic heterocycles. The van der Waals surface area contributed by atoms with Gasteiger partial charge in [0.05, 0.1) is 5.69 Å². The molecule has 1 unspecified atom stereocenters. The van der Waals surface area contributed by atoms with Gasteiger partial charge in [0.25, 0.3) is 0 Å². The van der Waals surface area contributed by atoms with Crippen molar-refractivity contribution < 1.29 is 8.42 Å². The standard InChI is InChI=1S/C12H17BrN2O2S/c1-14(2)18(16,17)12-6-4-3-5-11(12)15-8-7-10(13)9-15/h3-6,10H,7-9H2,1-2H3. The molecule has 6 heteroatoms. The van der Waals surface area contributed by atoms with Crippen molar-refractivity contribution in [3.8, 4) is 0 Å². The molecule has 0 radical (unpaired) electrons. The Hall–Kier alpha value is -0.590. The van der Waals surface area contributed by atoms with Gasteiger partial charge >= 0.3 is 0 Å². The van der Waals surface area contributed by atoms with Crippen LogP contribution in [0.2, 0.25) is 0 Å². The molecule has 0 spiro atoms. The van der Waals surface area contributed by atoms with E-state index in [0.29, 0.717) is 9.72 Å². The van der Waals surface area contributed by atoms with E-state index < -0.39 is 10.0 Å². The minimum Gasteiger partial charge on any atom is -0.369 e. The minimum absolute atomic E-state index is 0.386. The summed E-state index contributed by atoms with van der Waals surface area (Å²) in [5.74, 6) is 0. The third kappa shape index (κ3) is 2.55. The summed E-state index contributed by atoms with van der Waals surface area (Å²) in [7, 11) is -0.268. The molecule has 2 rings (SSSR count). The number of para-hydroxylation sites is 1. The smallest absolute Gasteiger partial charge is 0.244 e. The van der Waals surface area contributed by atoms with Gasteiger partial charge in [-0.25, -0.2) is 12.7 Å². The predicted molar refractivity (Wildman–Crippen MR) is 76.9 cm³/mol. The summed E-state index contributed by atoms with van der Waals surface area (Å²) in [4.78, 5) is 2.94. The monoisotopic (exact) mass is 332 g/mol. The number of hydrogen-bond acceptors (Lipinski definition) is 3. The van der Waals surface area contributed by atoms with Crippen LogP contribution in [-0.2, 0) is 10.0 Å². The number of alkyl halides is 1. The molecule has 1 aromatic carbocycles. The highest BCUT2D eigenvalue weighted by molar-refractivity contribution is 9.09. The fourth-order valence-corrected chi connectivity index (χ4v) is 3.73. The van der Waals surface area contributed by atoms with E-state index in [0.717, 1.165) is 25.2 Å². The highest BCUT2D eigenvalue weighted by Crippen LogP contribution is 2.30. The Labute approximate surface area is 117 Å². The second kappa shape index (κ2) is 5.19. The van der Waals surface area contributed by atoms with Crippen LogP contribution < -0.4 is 4.90 Å². The topological polar surface area (TPSA) is 40.6 Å². The summed E-state index contributed by atoms with van der Waals surface area (Å²) in [5.41, 5.74) is 0.799. The minimum atomic E-state index is -3.39. The van der Waals surface area contributed by atoms with Crippen molar-refractivity contribution >= 4 is 31.6 Å². The number of sulfonamides is 1. The maximum Gasteiger partial charge on any atom is 0.244 e. The van der Waals surface area contributed by atoms with E-state index in [1.54, 1.807) is 26.2 Å². The molecule has 0 N–H and O–H groups in total. The van der Waals surface area contributed by atoms with E-state index in [4.69, 9.17) is 0 Å². The van der Waals surface area contributed by atoms with Gasteiger partial charge < -0.3 is 4.90 Å². The Morgan fingerprint density at radius 3 is 2.56 bits per heavy atom. The Morgan fingerprint density at radius 1 is 1.33 bits per heavy atom. The van der Waals surface area contributed by atoms with Gasteiger partial charge in [-0.15, -0.1) is 0 Å². The molecule has 1 atom stereocenters. The van der Waals surface area contributed by atoms with Crippen LogP contribution in [0.5, 0.6) is 0 Å². The van der Waals surface area contributed by atoms with E-state index in [-0.39, 0.29) is 0 Å². The number of nitrogens with zero attached hydrogens (tertiary/aromatic N) is 2. The highest BCUT2D eigenvalue weighted by Gasteiger charge is 2.27. The molecule has 4 nitrogen and oxygen atoms in total. The molecule has 0 aromatic heterocycles. The van der Waals surface area contributed by atoms with Crippen molar-refractivity contribution in [1.29, 1.82) is 0 Å². The Morgan fingerprint density at radius 2 is 2.00 bits per heavy atom. The molecule has 1 saturated heterocycles. The van der Waals surface area contributed by atoms with Gasteiger partial charge in [-0.3, -0.25) is 0 Å². The first-order valence-electron chi connectivity index (χ1n) is 5.83. The molecule has 0 bridgehead atoms. The van der Waals surface area contributed by atoms with Crippen molar-refractivity contribution in [3.05, 3.63) is 24.3 Å². The second-order valence-corrected chi connectivity index (χ2v) is 8.00. The molecular weight excluding hydrogens is 316 g/mol. The van der Waals surface area contributed by atoms with Crippen molar-refractivity contribution in [2.45, 2.75) is 16.1 Å². The fourth-order valence-electron chi connectivity index (χ4n) is 2.07. The van der Waals surface area contributed by atoms with E-state index in [9.17, 15) is 8.42 Å². The van der Waals surface area contributed by atoms with Crippen LogP contribution in [0, 0.1) is 0 Å². The van der Waals surface area contributed by atoms with Crippen LogP contribution in [-0.4, -0.2) is 44.7 Å². The Balaban J connectivity index is 2.44. The zero-order valence-electron chi connectivity index (χ0n) is 10.5. The fraction of sp³-hybridized carbons (Fsp3) is 0.500. The molecule has 1 aliphatic rings. The molecule has 100 valence electrons. The van der Waals surface area contributed by atoms with Crippen LogP contribution in [0.25, 0.3) is 0 Å². The van der Waals surface area contributed by atoms with Crippen molar-refractivity contribution in [3.63, 3.8) is 0 Å². The first-order chi connectivity index (χ1) is 8.43.